The molecule has 5 heterocycles. The number of imidazole rings is 1. The largest absolute Gasteiger partial charge is 0.456 e. The van der Waals surface area contributed by atoms with Crippen molar-refractivity contribution in [3.8, 4) is 17.3 Å². The highest BCUT2D eigenvalue weighted by Crippen LogP contribution is 2.33. The first-order valence-corrected chi connectivity index (χ1v) is 12.2. The molecule has 3 N–H and O–H groups in total. The molecule has 3 saturated heterocycles. The predicted molar refractivity (Wildman–Crippen MR) is 129 cm³/mol. The minimum atomic E-state index is -0.634. The van der Waals surface area contributed by atoms with Crippen molar-refractivity contribution in [3.63, 3.8) is 0 Å². The van der Waals surface area contributed by atoms with Gasteiger partial charge in [0.2, 0.25) is 6.41 Å². The van der Waals surface area contributed by atoms with Crippen LogP contribution in [-0.2, 0) is 14.3 Å². The SMILES string of the molecule is O=CNC1CCN(c2ccc(-c3nc4nc(OC5CO[C@@H]6C(O)CO[C@H]56)[nH]c4cc3Cl)cc2)CC1. The fourth-order valence-electron chi connectivity index (χ4n) is 5.07. The van der Waals surface area contributed by atoms with Crippen molar-refractivity contribution in [2.24, 2.45) is 0 Å². The maximum atomic E-state index is 10.7. The van der Waals surface area contributed by atoms with Crippen molar-refractivity contribution >= 4 is 34.9 Å². The molecule has 0 radical (unpaired) electrons. The number of rotatable bonds is 6. The van der Waals surface area contributed by atoms with E-state index in [2.05, 4.69) is 37.3 Å². The number of aliphatic hydroxyl groups is 1. The maximum Gasteiger partial charge on any atom is 0.296 e. The van der Waals surface area contributed by atoms with Gasteiger partial charge >= 0.3 is 0 Å². The van der Waals surface area contributed by atoms with Gasteiger partial charge in [-0.25, -0.2) is 4.98 Å². The summed E-state index contributed by atoms with van der Waals surface area (Å²) < 4.78 is 17.2. The Balaban J connectivity index is 1.17. The molecule has 10 nitrogen and oxygen atoms in total. The number of piperidine rings is 1. The summed E-state index contributed by atoms with van der Waals surface area (Å²) >= 11 is 6.58. The lowest BCUT2D eigenvalue weighted by Crippen LogP contribution is -2.42. The van der Waals surface area contributed by atoms with Crippen LogP contribution in [-0.4, -0.2) is 83.2 Å². The molecular weight excluding hydrogens is 474 g/mol. The van der Waals surface area contributed by atoms with E-state index in [0.717, 1.165) is 43.6 Å². The zero-order chi connectivity index (χ0) is 23.9. The highest BCUT2D eigenvalue weighted by Gasteiger charge is 2.48. The number of H-pyrrole nitrogens is 1. The molecule has 1 amide bonds. The lowest BCUT2D eigenvalue weighted by molar-refractivity contribution is -0.110. The Morgan fingerprint density at radius 1 is 1.14 bits per heavy atom. The van der Waals surface area contributed by atoms with Gasteiger partial charge in [0.15, 0.2) is 11.8 Å². The lowest BCUT2D eigenvalue weighted by atomic mass is 10.0. The number of carbonyl (C=O) groups excluding carboxylic acids is 1. The van der Waals surface area contributed by atoms with Gasteiger partial charge in [-0.05, 0) is 31.0 Å². The molecule has 1 aromatic carbocycles. The number of anilines is 1. The Morgan fingerprint density at radius 3 is 2.69 bits per heavy atom. The smallest absolute Gasteiger partial charge is 0.296 e. The summed E-state index contributed by atoms with van der Waals surface area (Å²) in [6.45, 7) is 2.35. The molecule has 3 aromatic rings. The van der Waals surface area contributed by atoms with Crippen molar-refractivity contribution in [2.75, 3.05) is 31.2 Å². The second kappa shape index (κ2) is 9.27. The Kier molecular flexibility index (Phi) is 5.97. The summed E-state index contributed by atoms with van der Waals surface area (Å²) in [5.74, 6) is 0. The minimum absolute atomic E-state index is 0.240. The zero-order valence-electron chi connectivity index (χ0n) is 18.9. The summed E-state index contributed by atoms with van der Waals surface area (Å²) in [5, 5.41) is 13.3. The molecule has 0 spiro atoms. The number of nitrogens with zero attached hydrogens (tertiary/aromatic N) is 3. The summed E-state index contributed by atoms with van der Waals surface area (Å²) in [5.41, 5.74) is 3.83. The quantitative estimate of drug-likeness (QED) is 0.440. The van der Waals surface area contributed by atoms with Crippen LogP contribution in [0.25, 0.3) is 22.4 Å². The lowest BCUT2D eigenvalue weighted by Gasteiger charge is -2.33. The third-order valence-corrected chi connectivity index (χ3v) is 7.24. The van der Waals surface area contributed by atoms with E-state index in [1.165, 1.54) is 0 Å². The molecule has 0 aliphatic carbocycles. The number of halogens is 1. The number of hydrogen-bond acceptors (Lipinski definition) is 8. The average molecular weight is 500 g/mol. The van der Waals surface area contributed by atoms with Crippen LogP contribution in [0.15, 0.2) is 30.3 Å². The van der Waals surface area contributed by atoms with Crippen LogP contribution < -0.4 is 15.0 Å². The van der Waals surface area contributed by atoms with Crippen molar-refractivity contribution in [3.05, 3.63) is 35.4 Å². The number of benzene rings is 1. The Hall–Kier alpha value is -2.92. The number of fused-ring (bicyclic) bond motifs is 2. The van der Waals surface area contributed by atoms with E-state index in [4.69, 9.17) is 25.8 Å². The van der Waals surface area contributed by atoms with Crippen LogP contribution in [0.3, 0.4) is 0 Å². The normalized spacial score (nSPS) is 26.7. The third kappa shape index (κ3) is 4.31. The minimum Gasteiger partial charge on any atom is -0.456 e. The molecule has 3 aliphatic rings. The van der Waals surface area contributed by atoms with Gasteiger partial charge < -0.3 is 34.5 Å². The van der Waals surface area contributed by atoms with E-state index in [1.807, 2.05) is 12.1 Å². The second-order valence-corrected chi connectivity index (χ2v) is 9.55. The van der Waals surface area contributed by atoms with Crippen LogP contribution in [0, 0.1) is 0 Å². The summed E-state index contributed by atoms with van der Waals surface area (Å²) in [4.78, 5) is 25.3. The number of amides is 1. The molecule has 3 aliphatic heterocycles. The van der Waals surface area contributed by atoms with Crippen LogP contribution >= 0.6 is 11.6 Å². The predicted octanol–water partition coefficient (Wildman–Crippen LogP) is 1.90. The molecule has 4 atom stereocenters. The van der Waals surface area contributed by atoms with Gasteiger partial charge in [0.1, 0.15) is 18.3 Å². The number of aromatic nitrogens is 3. The summed E-state index contributed by atoms with van der Waals surface area (Å²) in [6, 6.07) is 10.5. The summed E-state index contributed by atoms with van der Waals surface area (Å²) in [7, 11) is 0. The second-order valence-electron chi connectivity index (χ2n) is 9.14. The highest BCUT2D eigenvalue weighted by molar-refractivity contribution is 6.33. The number of hydrogen-bond donors (Lipinski definition) is 3. The van der Waals surface area contributed by atoms with E-state index < -0.39 is 6.10 Å². The molecule has 2 aromatic heterocycles. The van der Waals surface area contributed by atoms with Crippen LogP contribution in [0.5, 0.6) is 6.01 Å². The first kappa shape index (κ1) is 22.5. The van der Waals surface area contributed by atoms with Crippen LogP contribution in [0.4, 0.5) is 5.69 Å². The standard InChI is InChI=1S/C24H26ClN5O5/c25-16-9-17-23(29-24(27-17)35-19-11-34-21-18(32)10-33-22(19)21)28-20(16)13-1-3-15(4-2-13)30-7-5-14(6-8-30)26-12-31/h1-4,9,12,14,18-19,21-22,32H,5-8,10-11H2,(H,26,31)(H,27,28,29)/t18?,19?,21-,22-/m1/s1. The van der Waals surface area contributed by atoms with E-state index in [1.54, 1.807) is 6.07 Å². The van der Waals surface area contributed by atoms with Gasteiger partial charge in [-0.1, -0.05) is 23.7 Å². The molecule has 2 unspecified atom stereocenters. The van der Waals surface area contributed by atoms with Crippen molar-refractivity contribution in [1.82, 2.24) is 20.3 Å². The monoisotopic (exact) mass is 499 g/mol. The Bertz CT molecular complexity index is 1210. The summed E-state index contributed by atoms with van der Waals surface area (Å²) in [6.07, 6.45) is 0.946. The van der Waals surface area contributed by atoms with Crippen LogP contribution in [0.1, 0.15) is 12.8 Å². The van der Waals surface area contributed by atoms with E-state index in [9.17, 15) is 9.90 Å². The molecule has 0 bridgehead atoms. The number of carbonyl (C=O) groups is 1. The van der Waals surface area contributed by atoms with Gasteiger partial charge in [0, 0.05) is 30.4 Å². The Morgan fingerprint density at radius 2 is 1.91 bits per heavy atom. The number of ether oxygens (including phenoxy) is 3. The van der Waals surface area contributed by atoms with Gasteiger partial charge in [-0.2, -0.15) is 4.98 Å². The molecule has 3 fully saturated rings. The highest BCUT2D eigenvalue weighted by atomic mass is 35.5. The van der Waals surface area contributed by atoms with Crippen LogP contribution in [0.2, 0.25) is 5.02 Å². The van der Waals surface area contributed by atoms with E-state index >= 15 is 0 Å². The molecule has 35 heavy (non-hydrogen) atoms. The van der Waals surface area contributed by atoms with Gasteiger partial charge in [0.05, 0.1) is 29.4 Å². The van der Waals surface area contributed by atoms with Gasteiger partial charge in [-0.15, -0.1) is 0 Å². The molecule has 184 valence electrons. The van der Waals surface area contributed by atoms with Crippen molar-refractivity contribution in [1.29, 1.82) is 0 Å². The first-order chi connectivity index (χ1) is 17.1. The Labute approximate surface area is 206 Å². The van der Waals surface area contributed by atoms with Gasteiger partial charge in [-0.3, -0.25) is 4.79 Å². The zero-order valence-corrected chi connectivity index (χ0v) is 19.6. The van der Waals surface area contributed by atoms with Crippen molar-refractivity contribution < 1.29 is 24.1 Å². The average Bonchev–Trinajstić information content (AvgIpc) is 3.56. The molecule has 0 saturated carbocycles. The van der Waals surface area contributed by atoms with Crippen molar-refractivity contribution in [2.45, 2.75) is 43.3 Å². The fraction of sp³-hybridized carbons (Fsp3) is 0.458. The fourth-order valence-corrected chi connectivity index (χ4v) is 5.33. The third-order valence-electron chi connectivity index (χ3n) is 6.95. The van der Waals surface area contributed by atoms with E-state index in [-0.39, 0.29) is 31.0 Å². The number of aromatic amines is 1. The topological polar surface area (TPSA) is 122 Å². The first-order valence-electron chi connectivity index (χ1n) is 11.8. The molecule has 11 heteroatoms. The number of nitrogens with one attached hydrogen (secondary N) is 2. The van der Waals surface area contributed by atoms with Gasteiger partial charge in [0.25, 0.3) is 6.01 Å². The molecular formula is C24H26ClN5O5. The maximum absolute atomic E-state index is 10.7. The number of pyridine rings is 1. The number of aliphatic hydroxyl groups excluding tert-OH is 1. The molecule has 6 rings (SSSR count). The van der Waals surface area contributed by atoms with E-state index in [0.29, 0.717) is 34.5 Å².